The fraction of sp³-hybridized carbons (Fsp3) is 0.125. The van der Waals surface area contributed by atoms with Crippen molar-refractivity contribution in [1.82, 2.24) is 4.98 Å². The summed E-state index contributed by atoms with van der Waals surface area (Å²) in [5.41, 5.74) is 0.988. The van der Waals surface area contributed by atoms with Crippen LogP contribution in [0.4, 0.5) is 0 Å². The highest BCUT2D eigenvalue weighted by Gasteiger charge is 2.10. The summed E-state index contributed by atoms with van der Waals surface area (Å²) in [6, 6.07) is 5.75. The molecular formula is C16H13NO4S. The highest BCUT2D eigenvalue weighted by atomic mass is 32.1. The summed E-state index contributed by atoms with van der Waals surface area (Å²) in [5.74, 6) is 0.540. The van der Waals surface area contributed by atoms with Gasteiger partial charge in [-0.15, -0.1) is 11.3 Å². The molecule has 22 heavy (non-hydrogen) atoms. The first-order chi connectivity index (χ1) is 10.7. The number of carbonyl (C=O) groups is 1. The molecule has 0 radical (unpaired) electrons. The number of ether oxygens (including phenoxy) is 2. The van der Waals surface area contributed by atoms with Crippen LogP contribution in [0.15, 0.2) is 30.5 Å². The molecule has 0 unspecified atom stereocenters. The third-order valence-corrected chi connectivity index (χ3v) is 3.84. The smallest absolute Gasteiger partial charge is 0.328 e. The van der Waals surface area contributed by atoms with Gasteiger partial charge >= 0.3 is 5.97 Å². The van der Waals surface area contributed by atoms with Crippen molar-refractivity contribution in [2.24, 2.45) is 0 Å². The number of aliphatic carboxylic acids is 1. The number of carboxylic acids is 1. The van der Waals surface area contributed by atoms with Crippen molar-refractivity contribution in [3.05, 3.63) is 45.9 Å². The van der Waals surface area contributed by atoms with Crippen molar-refractivity contribution in [1.29, 1.82) is 0 Å². The molecule has 3 rings (SSSR count). The Morgan fingerprint density at radius 2 is 2.00 bits per heavy atom. The van der Waals surface area contributed by atoms with Gasteiger partial charge in [0.1, 0.15) is 18.2 Å². The number of hydrogen-bond donors (Lipinski definition) is 1. The number of thiazole rings is 1. The van der Waals surface area contributed by atoms with Gasteiger partial charge in [-0.25, -0.2) is 9.78 Å². The lowest BCUT2D eigenvalue weighted by atomic mass is 10.2. The molecule has 1 aliphatic heterocycles. The van der Waals surface area contributed by atoms with E-state index < -0.39 is 5.97 Å². The first kappa shape index (κ1) is 14.3. The van der Waals surface area contributed by atoms with Gasteiger partial charge in [-0.05, 0) is 29.8 Å². The molecule has 6 heteroatoms. The fourth-order valence-electron chi connectivity index (χ4n) is 1.94. The summed E-state index contributed by atoms with van der Waals surface area (Å²) in [7, 11) is 0. The Bertz CT molecular complexity index is 748. The van der Waals surface area contributed by atoms with Gasteiger partial charge in [0.2, 0.25) is 0 Å². The number of rotatable bonds is 4. The van der Waals surface area contributed by atoms with E-state index in [0.717, 1.165) is 33.0 Å². The summed E-state index contributed by atoms with van der Waals surface area (Å²) in [6.45, 7) is 1.14. The van der Waals surface area contributed by atoms with Crippen LogP contribution in [0.2, 0.25) is 0 Å². The molecule has 1 aliphatic rings. The van der Waals surface area contributed by atoms with E-state index in [2.05, 4.69) is 4.98 Å². The van der Waals surface area contributed by atoms with Crippen LogP contribution in [0.1, 0.15) is 15.4 Å². The van der Waals surface area contributed by atoms with E-state index in [9.17, 15) is 4.79 Å². The van der Waals surface area contributed by atoms with E-state index in [-0.39, 0.29) is 0 Å². The minimum atomic E-state index is -0.971. The third-order valence-electron chi connectivity index (χ3n) is 2.92. The number of hydrogen-bond acceptors (Lipinski definition) is 5. The monoisotopic (exact) mass is 315 g/mol. The first-order valence-corrected chi connectivity index (χ1v) is 7.47. The number of carboxylic acid groups (broad SMARTS) is 1. The maximum atomic E-state index is 10.5. The summed E-state index contributed by atoms with van der Waals surface area (Å²) >= 11 is 1.42. The standard InChI is InChI=1S/C16H13NO4S/c18-16(19)6-3-12-10-17-15(22-12)5-2-11-1-4-13-14(9-11)21-8-7-20-13/h1-6,9-10H,7-8H2,(H,18,19)/b5-2+,6-3+. The van der Waals surface area contributed by atoms with Crippen LogP contribution in [0.3, 0.4) is 0 Å². The molecule has 1 aromatic heterocycles. The molecule has 5 nitrogen and oxygen atoms in total. The lowest BCUT2D eigenvalue weighted by molar-refractivity contribution is -0.131. The van der Waals surface area contributed by atoms with Gasteiger partial charge in [-0.2, -0.15) is 0 Å². The molecule has 2 aromatic rings. The minimum Gasteiger partial charge on any atom is -0.486 e. The Labute approximate surface area is 131 Å². The molecule has 0 atom stereocenters. The highest BCUT2D eigenvalue weighted by molar-refractivity contribution is 7.13. The number of nitrogens with zero attached hydrogens (tertiary/aromatic N) is 1. The van der Waals surface area contributed by atoms with Crippen molar-refractivity contribution >= 4 is 35.5 Å². The zero-order chi connectivity index (χ0) is 15.4. The molecule has 0 spiro atoms. The van der Waals surface area contributed by atoms with E-state index >= 15 is 0 Å². The van der Waals surface area contributed by atoms with Crippen LogP contribution in [0.25, 0.3) is 18.2 Å². The Hall–Kier alpha value is -2.60. The zero-order valence-electron chi connectivity index (χ0n) is 11.6. The Morgan fingerprint density at radius 3 is 2.82 bits per heavy atom. The summed E-state index contributed by atoms with van der Waals surface area (Å²) in [5, 5.41) is 9.40. The third kappa shape index (κ3) is 3.53. The average Bonchev–Trinajstić information content (AvgIpc) is 2.99. The predicted molar refractivity (Wildman–Crippen MR) is 85.1 cm³/mol. The lowest BCUT2D eigenvalue weighted by Gasteiger charge is -2.18. The van der Waals surface area contributed by atoms with Crippen molar-refractivity contribution in [3.63, 3.8) is 0 Å². The van der Waals surface area contributed by atoms with Gasteiger partial charge < -0.3 is 14.6 Å². The first-order valence-electron chi connectivity index (χ1n) is 6.65. The van der Waals surface area contributed by atoms with E-state index in [1.54, 1.807) is 6.20 Å². The summed E-state index contributed by atoms with van der Waals surface area (Å²) < 4.78 is 11.0. The average molecular weight is 315 g/mol. The van der Waals surface area contributed by atoms with Gasteiger partial charge in [0.25, 0.3) is 0 Å². The van der Waals surface area contributed by atoms with Crippen LogP contribution < -0.4 is 9.47 Å². The molecule has 1 N–H and O–H groups in total. The number of fused-ring (bicyclic) bond motifs is 1. The normalized spacial score (nSPS) is 13.8. The van der Waals surface area contributed by atoms with E-state index in [4.69, 9.17) is 14.6 Å². The molecule has 0 saturated carbocycles. The molecule has 0 aliphatic carbocycles. The van der Waals surface area contributed by atoms with Crippen LogP contribution >= 0.6 is 11.3 Å². The maximum Gasteiger partial charge on any atom is 0.328 e. The van der Waals surface area contributed by atoms with Gasteiger partial charge in [0.15, 0.2) is 11.5 Å². The van der Waals surface area contributed by atoms with Gasteiger partial charge in [-0.3, -0.25) is 0 Å². The van der Waals surface area contributed by atoms with E-state index in [0.29, 0.717) is 13.2 Å². The second-order valence-electron chi connectivity index (χ2n) is 4.51. The van der Waals surface area contributed by atoms with E-state index in [1.165, 1.54) is 17.4 Å². The summed E-state index contributed by atoms with van der Waals surface area (Å²) in [4.78, 5) is 15.5. The van der Waals surface area contributed by atoms with Gasteiger partial charge in [0, 0.05) is 17.2 Å². The van der Waals surface area contributed by atoms with Gasteiger partial charge in [-0.1, -0.05) is 12.1 Å². The quantitative estimate of drug-likeness (QED) is 0.878. The van der Waals surface area contributed by atoms with Crippen molar-refractivity contribution < 1.29 is 19.4 Å². The maximum absolute atomic E-state index is 10.5. The number of aromatic nitrogens is 1. The molecule has 112 valence electrons. The molecule has 0 fully saturated rings. The molecular weight excluding hydrogens is 302 g/mol. The predicted octanol–water partition coefficient (Wildman–Crippen LogP) is 3.18. The fourth-order valence-corrected chi connectivity index (χ4v) is 2.66. The Kier molecular flexibility index (Phi) is 4.20. The molecule has 0 bridgehead atoms. The second-order valence-corrected chi connectivity index (χ2v) is 5.60. The Balaban J connectivity index is 1.72. The topological polar surface area (TPSA) is 68.7 Å². The van der Waals surface area contributed by atoms with Crippen LogP contribution in [0.5, 0.6) is 11.5 Å². The largest absolute Gasteiger partial charge is 0.486 e. The zero-order valence-corrected chi connectivity index (χ0v) is 12.4. The van der Waals surface area contributed by atoms with Crippen LogP contribution in [-0.4, -0.2) is 29.3 Å². The Morgan fingerprint density at radius 1 is 1.18 bits per heavy atom. The minimum absolute atomic E-state index is 0.561. The number of benzene rings is 1. The highest BCUT2D eigenvalue weighted by Crippen LogP contribution is 2.31. The van der Waals surface area contributed by atoms with Gasteiger partial charge in [0.05, 0.1) is 0 Å². The summed E-state index contributed by atoms with van der Waals surface area (Å²) in [6.07, 6.45) is 8.09. The van der Waals surface area contributed by atoms with Crippen LogP contribution in [0, 0.1) is 0 Å². The van der Waals surface area contributed by atoms with E-state index in [1.807, 2.05) is 30.4 Å². The van der Waals surface area contributed by atoms with Crippen molar-refractivity contribution in [2.75, 3.05) is 13.2 Å². The second kappa shape index (κ2) is 6.44. The van der Waals surface area contributed by atoms with Crippen molar-refractivity contribution in [3.8, 4) is 11.5 Å². The molecule has 1 aromatic carbocycles. The SMILES string of the molecule is O=C(O)/C=C/c1cnc(/C=C/c2ccc3c(c2)OCCO3)s1. The lowest BCUT2D eigenvalue weighted by Crippen LogP contribution is -2.15. The molecule has 0 amide bonds. The van der Waals surface area contributed by atoms with Crippen molar-refractivity contribution in [2.45, 2.75) is 0 Å². The molecule has 0 saturated heterocycles. The molecule has 2 heterocycles. The van der Waals surface area contributed by atoms with Crippen LogP contribution in [-0.2, 0) is 4.79 Å².